The minimum atomic E-state index is -1.08. The standard InChI is InChI=1S/C21H29Cl2N3O5/c22-14-8-6-13(12-15(14)23)7-9-17(20(28)29)25-16(4-1-2-10-24)19(27)26-11-3-5-18(26)21(30)31/h6,8,12,16-18,25H,1-5,7,9-11,24H2,(H,28,29)(H,30,31)/t16-,17?,18-/m0/s1. The summed E-state index contributed by atoms with van der Waals surface area (Å²) >= 11 is 12.0. The number of rotatable bonds is 12. The highest BCUT2D eigenvalue weighted by Crippen LogP contribution is 2.24. The number of carboxylic acids is 2. The molecule has 1 amide bonds. The summed E-state index contributed by atoms with van der Waals surface area (Å²) in [6.45, 7) is 0.813. The van der Waals surface area contributed by atoms with Gasteiger partial charge in [0, 0.05) is 6.54 Å². The zero-order valence-corrected chi connectivity index (χ0v) is 18.7. The molecule has 5 N–H and O–H groups in total. The van der Waals surface area contributed by atoms with E-state index >= 15 is 0 Å². The van der Waals surface area contributed by atoms with Crippen LogP contribution in [0, 0.1) is 0 Å². The molecule has 3 atom stereocenters. The summed E-state index contributed by atoms with van der Waals surface area (Å²) in [6, 6.07) is 2.48. The van der Waals surface area contributed by atoms with Crippen LogP contribution in [0.4, 0.5) is 0 Å². The maximum Gasteiger partial charge on any atom is 0.326 e. The number of unbranched alkanes of at least 4 members (excludes halogenated alkanes) is 1. The van der Waals surface area contributed by atoms with Crippen LogP contribution in [0.15, 0.2) is 18.2 Å². The molecule has 172 valence electrons. The predicted molar refractivity (Wildman–Crippen MR) is 118 cm³/mol. The summed E-state index contributed by atoms with van der Waals surface area (Å²) in [6.07, 6.45) is 3.37. The topological polar surface area (TPSA) is 133 Å². The van der Waals surface area contributed by atoms with E-state index in [0.717, 1.165) is 5.56 Å². The van der Waals surface area contributed by atoms with Crippen LogP contribution in [0.3, 0.4) is 0 Å². The third-order valence-corrected chi connectivity index (χ3v) is 6.21. The van der Waals surface area contributed by atoms with Crippen LogP contribution >= 0.6 is 23.2 Å². The van der Waals surface area contributed by atoms with Gasteiger partial charge in [-0.25, -0.2) is 4.79 Å². The van der Waals surface area contributed by atoms with Gasteiger partial charge in [-0.1, -0.05) is 35.7 Å². The van der Waals surface area contributed by atoms with Crippen LogP contribution in [0.25, 0.3) is 0 Å². The number of hydrogen-bond donors (Lipinski definition) is 4. The van der Waals surface area contributed by atoms with Crippen LogP contribution in [-0.2, 0) is 20.8 Å². The number of carboxylic acid groups (broad SMARTS) is 2. The molecule has 1 fully saturated rings. The molecule has 0 aromatic heterocycles. The monoisotopic (exact) mass is 473 g/mol. The van der Waals surface area contributed by atoms with Gasteiger partial charge >= 0.3 is 11.9 Å². The number of amides is 1. The predicted octanol–water partition coefficient (Wildman–Crippen LogP) is 2.54. The zero-order valence-electron chi connectivity index (χ0n) is 17.2. The normalized spacial score (nSPS) is 18.0. The molecule has 0 bridgehead atoms. The van der Waals surface area contributed by atoms with Gasteiger partial charge in [0.05, 0.1) is 16.1 Å². The summed E-state index contributed by atoms with van der Waals surface area (Å²) in [5, 5.41) is 22.9. The molecule has 10 heteroatoms. The number of carbonyl (C=O) groups excluding carboxylic acids is 1. The lowest BCUT2D eigenvalue weighted by Crippen LogP contribution is -2.54. The number of halogens is 2. The summed E-state index contributed by atoms with van der Waals surface area (Å²) < 4.78 is 0. The SMILES string of the molecule is NCCCC[C@H](NC(CCc1ccc(Cl)c(Cl)c1)C(=O)O)C(=O)N1CCC[C@H]1C(=O)O. The Morgan fingerprint density at radius 1 is 1.13 bits per heavy atom. The van der Waals surface area contributed by atoms with E-state index in [0.29, 0.717) is 61.7 Å². The van der Waals surface area contributed by atoms with Crippen molar-refractivity contribution in [3.63, 3.8) is 0 Å². The maximum absolute atomic E-state index is 13.1. The van der Waals surface area contributed by atoms with Crippen molar-refractivity contribution in [3.05, 3.63) is 33.8 Å². The molecule has 1 aromatic carbocycles. The molecular weight excluding hydrogens is 445 g/mol. The number of nitrogens with one attached hydrogen (secondary N) is 1. The van der Waals surface area contributed by atoms with Crippen molar-refractivity contribution in [3.8, 4) is 0 Å². The molecule has 0 spiro atoms. The van der Waals surface area contributed by atoms with Gasteiger partial charge in [0.25, 0.3) is 0 Å². The molecule has 31 heavy (non-hydrogen) atoms. The molecule has 1 heterocycles. The first-order valence-electron chi connectivity index (χ1n) is 10.4. The van der Waals surface area contributed by atoms with Crippen LogP contribution in [0.1, 0.15) is 44.1 Å². The van der Waals surface area contributed by atoms with E-state index in [9.17, 15) is 24.6 Å². The first kappa shape index (κ1) is 25.4. The van der Waals surface area contributed by atoms with Gasteiger partial charge in [-0.3, -0.25) is 14.9 Å². The Bertz CT molecular complexity index is 792. The lowest BCUT2D eigenvalue weighted by molar-refractivity contribution is -0.149. The number of nitrogens with zero attached hydrogens (tertiary/aromatic N) is 1. The third kappa shape index (κ3) is 7.35. The Morgan fingerprint density at radius 2 is 1.87 bits per heavy atom. The van der Waals surface area contributed by atoms with Gasteiger partial charge in [-0.2, -0.15) is 0 Å². The Balaban J connectivity index is 2.10. The highest BCUT2D eigenvalue weighted by atomic mass is 35.5. The van der Waals surface area contributed by atoms with Gasteiger partial charge in [0.1, 0.15) is 12.1 Å². The maximum atomic E-state index is 13.1. The average Bonchev–Trinajstić information content (AvgIpc) is 3.22. The van der Waals surface area contributed by atoms with Crippen molar-refractivity contribution in [2.45, 2.75) is 63.1 Å². The van der Waals surface area contributed by atoms with Gasteiger partial charge in [0.2, 0.25) is 5.91 Å². The van der Waals surface area contributed by atoms with Gasteiger partial charge < -0.3 is 20.8 Å². The van der Waals surface area contributed by atoms with Crippen LogP contribution in [0.5, 0.6) is 0 Å². The van der Waals surface area contributed by atoms with Crippen molar-refractivity contribution >= 4 is 41.0 Å². The van der Waals surface area contributed by atoms with Crippen LogP contribution in [0.2, 0.25) is 10.0 Å². The number of benzene rings is 1. The first-order valence-corrected chi connectivity index (χ1v) is 11.2. The van der Waals surface area contributed by atoms with E-state index in [1.165, 1.54) is 4.90 Å². The second-order valence-electron chi connectivity index (χ2n) is 7.71. The first-order chi connectivity index (χ1) is 14.7. The second kappa shape index (κ2) is 12.2. The van der Waals surface area contributed by atoms with E-state index in [1.54, 1.807) is 18.2 Å². The van der Waals surface area contributed by atoms with E-state index < -0.39 is 30.1 Å². The highest BCUT2D eigenvalue weighted by Gasteiger charge is 2.38. The van der Waals surface area contributed by atoms with E-state index in [1.807, 2.05) is 0 Å². The molecule has 0 saturated carbocycles. The largest absolute Gasteiger partial charge is 0.480 e. The van der Waals surface area contributed by atoms with Crippen molar-refractivity contribution in [1.29, 1.82) is 0 Å². The second-order valence-corrected chi connectivity index (χ2v) is 8.52. The minimum absolute atomic E-state index is 0.232. The van der Waals surface area contributed by atoms with Crippen molar-refractivity contribution in [1.82, 2.24) is 10.2 Å². The fourth-order valence-electron chi connectivity index (χ4n) is 3.79. The summed E-state index contributed by atoms with van der Waals surface area (Å²) in [4.78, 5) is 37.8. The van der Waals surface area contributed by atoms with Crippen LogP contribution < -0.4 is 11.1 Å². The number of aryl methyl sites for hydroxylation is 1. The molecule has 2 rings (SSSR count). The summed E-state index contributed by atoms with van der Waals surface area (Å²) in [5.41, 5.74) is 6.38. The molecule has 1 aliphatic heterocycles. The fourth-order valence-corrected chi connectivity index (χ4v) is 4.11. The fraction of sp³-hybridized carbons (Fsp3) is 0.571. The molecule has 1 unspecified atom stereocenters. The molecule has 0 radical (unpaired) electrons. The Kier molecular flexibility index (Phi) is 10.0. The Labute approximate surface area is 191 Å². The lowest BCUT2D eigenvalue weighted by Gasteiger charge is -2.29. The smallest absolute Gasteiger partial charge is 0.326 e. The number of likely N-dealkylation sites (tertiary alicyclic amines) is 1. The van der Waals surface area contributed by atoms with Crippen molar-refractivity contribution < 1.29 is 24.6 Å². The van der Waals surface area contributed by atoms with Gasteiger partial charge in [-0.05, 0) is 62.8 Å². The van der Waals surface area contributed by atoms with E-state index in [2.05, 4.69) is 5.32 Å². The minimum Gasteiger partial charge on any atom is -0.480 e. The van der Waals surface area contributed by atoms with Gasteiger partial charge in [0.15, 0.2) is 0 Å². The summed E-state index contributed by atoms with van der Waals surface area (Å²) in [7, 11) is 0. The molecular formula is C21H29Cl2N3O5. The van der Waals surface area contributed by atoms with Crippen LogP contribution in [-0.4, -0.2) is 64.2 Å². The zero-order chi connectivity index (χ0) is 23.0. The third-order valence-electron chi connectivity index (χ3n) is 5.47. The van der Waals surface area contributed by atoms with Crippen molar-refractivity contribution in [2.75, 3.05) is 13.1 Å². The average molecular weight is 474 g/mol. The quantitative estimate of drug-likeness (QED) is 0.342. The number of carbonyl (C=O) groups is 3. The molecule has 1 aromatic rings. The number of hydrogen-bond acceptors (Lipinski definition) is 5. The lowest BCUT2D eigenvalue weighted by atomic mass is 10.0. The summed E-state index contributed by atoms with van der Waals surface area (Å²) in [5.74, 6) is -2.49. The van der Waals surface area contributed by atoms with Crippen molar-refractivity contribution in [2.24, 2.45) is 5.73 Å². The Hall–Kier alpha value is -1.87. The van der Waals surface area contributed by atoms with E-state index in [-0.39, 0.29) is 12.3 Å². The molecule has 0 aliphatic carbocycles. The van der Waals surface area contributed by atoms with E-state index in [4.69, 9.17) is 28.9 Å². The molecule has 1 aliphatic rings. The highest BCUT2D eigenvalue weighted by molar-refractivity contribution is 6.42. The molecule has 8 nitrogen and oxygen atoms in total. The Morgan fingerprint density at radius 3 is 2.48 bits per heavy atom. The number of aliphatic carboxylic acids is 2. The van der Waals surface area contributed by atoms with Gasteiger partial charge in [-0.15, -0.1) is 0 Å². The molecule has 1 saturated heterocycles. The number of nitrogens with two attached hydrogens (primary N) is 1.